The Morgan fingerprint density at radius 2 is 1.37 bits per heavy atom. The van der Waals surface area contributed by atoms with Gasteiger partial charge in [0.2, 0.25) is 0 Å². The highest BCUT2D eigenvalue weighted by atomic mass is 19.4. The van der Waals surface area contributed by atoms with Crippen molar-refractivity contribution in [3.8, 4) is 5.75 Å². The second-order valence-corrected chi connectivity index (χ2v) is 15.0. The van der Waals surface area contributed by atoms with Crippen molar-refractivity contribution in [1.82, 2.24) is 4.90 Å². The number of unbranched alkanes of at least 4 members (excludes halogenated alkanes) is 3. The quantitative estimate of drug-likeness (QED) is 0.138. The van der Waals surface area contributed by atoms with Gasteiger partial charge < -0.3 is 15.1 Å². The van der Waals surface area contributed by atoms with Gasteiger partial charge in [-0.05, 0) is 118 Å². The van der Waals surface area contributed by atoms with Gasteiger partial charge in [0.1, 0.15) is 11.9 Å². The second-order valence-electron chi connectivity index (χ2n) is 15.0. The summed E-state index contributed by atoms with van der Waals surface area (Å²) in [5.74, 6) is -36.7. The normalized spacial score (nSPS) is 29.2. The van der Waals surface area contributed by atoms with E-state index in [1.165, 1.54) is 0 Å². The number of phenols is 1. The third-order valence-corrected chi connectivity index (χ3v) is 11.7. The molecule has 0 radical (unpaired) electrons. The molecule has 3 aliphatic carbocycles. The molecule has 294 valence electrons. The smallest absolute Gasteiger partial charge is 0.460 e. The van der Waals surface area contributed by atoms with E-state index in [4.69, 9.17) is 0 Å². The van der Waals surface area contributed by atoms with Gasteiger partial charge in [0.15, 0.2) is 0 Å². The van der Waals surface area contributed by atoms with Gasteiger partial charge in [0.05, 0.1) is 6.10 Å². The first-order chi connectivity index (χ1) is 23.2. The summed E-state index contributed by atoms with van der Waals surface area (Å²) in [6, 6.07) is 5.01. The number of hydrogen-bond donors (Lipinski definition) is 2. The SMILES string of the molecule is CN(CCCCC[C@@H]1Cc2cc(O)ccc2[C@@H]2[C@@H]1[C@@H]1CC[C@H](O)[C@@]1(C)C[C@@H]2F)CCCCC(F)(F)C(F)(F)C(F)(F)C(F)(F)C(F)(F)C(F)(F)F. The number of rotatable bonds is 15. The second kappa shape index (κ2) is 14.3. The summed E-state index contributed by atoms with van der Waals surface area (Å²) in [7, 11) is 1.55. The molecule has 2 saturated carbocycles. The summed E-state index contributed by atoms with van der Waals surface area (Å²) >= 11 is 0. The topological polar surface area (TPSA) is 43.7 Å². The number of alkyl halides is 14. The molecule has 1 aromatic rings. The Morgan fingerprint density at radius 3 is 1.98 bits per heavy atom. The number of aliphatic hydroxyl groups is 1. The largest absolute Gasteiger partial charge is 0.508 e. The number of benzene rings is 1. The van der Waals surface area contributed by atoms with Crippen LogP contribution in [-0.2, 0) is 6.42 Å². The van der Waals surface area contributed by atoms with Crippen LogP contribution in [0, 0.1) is 23.2 Å². The first-order valence-electron chi connectivity index (χ1n) is 17.0. The zero-order chi connectivity index (χ0) is 38.6. The number of fused-ring (bicyclic) bond motifs is 5. The average Bonchev–Trinajstić information content (AvgIpc) is 3.30. The lowest BCUT2D eigenvalue weighted by atomic mass is 9.51. The summed E-state index contributed by atoms with van der Waals surface area (Å²) in [6.07, 6.45) is -7.66. The molecule has 1 aromatic carbocycles. The minimum Gasteiger partial charge on any atom is -0.508 e. The molecule has 2 N–H and O–H groups in total. The van der Waals surface area contributed by atoms with Crippen LogP contribution in [0.25, 0.3) is 0 Å². The molecule has 17 heteroatoms. The van der Waals surface area contributed by atoms with E-state index in [1.807, 2.05) is 6.92 Å². The van der Waals surface area contributed by atoms with Crippen LogP contribution in [0.15, 0.2) is 18.2 Å². The first kappa shape index (κ1) is 41.7. The Balaban J connectivity index is 1.26. The van der Waals surface area contributed by atoms with Gasteiger partial charge in [0, 0.05) is 12.3 Å². The van der Waals surface area contributed by atoms with Gasteiger partial charge >= 0.3 is 35.8 Å². The number of phenolic OH excluding ortho intramolecular Hbond substituents is 1. The maximum Gasteiger partial charge on any atom is 0.460 e. The molecule has 0 amide bonds. The zero-order valence-corrected chi connectivity index (χ0v) is 28.0. The molecule has 2 fully saturated rings. The Labute approximate surface area is 286 Å². The molecule has 3 nitrogen and oxygen atoms in total. The number of hydrogen-bond acceptors (Lipinski definition) is 3. The van der Waals surface area contributed by atoms with Crippen molar-refractivity contribution in [1.29, 1.82) is 0 Å². The van der Waals surface area contributed by atoms with Crippen molar-refractivity contribution in [2.24, 2.45) is 23.2 Å². The fraction of sp³-hybridized carbons (Fsp3) is 0.824. The molecule has 3 aliphatic rings. The van der Waals surface area contributed by atoms with Gasteiger partial charge in [-0.2, -0.15) is 57.1 Å². The monoisotopic (exact) mass is 763 g/mol. The molecule has 0 heterocycles. The molecule has 4 rings (SSSR count). The van der Waals surface area contributed by atoms with Crippen LogP contribution in [0.1, 0.15) is 88.2 Å². The third kappa shape index (κ3) is 7.28. The standard InChI is InChI=1S/C34H43F14NO2/c1-28-18-24(35)27-22-10-9-21(50)17-20(22)16-19(26(27)23(28)11-12-25(28)51)8-4-3-6-14-49(2)15-7-5-13-29(36,37)30(38,39)31(40,41)32(42,43)33(44,45)34(46,47)48/h9-10,17,19,23-27,50-51H,3-8,11-16,18H2,1-2H3/t19-,23+,24+,25+,26+,27+,28+/m1/s1. The lowest BCUT2D eigenvalue weighted by Crippen LogP contribution is -2.70. The number of aliphatic hydroxyl groups excluding tert-OH is 1. The molecule has 0 saturated heterocycles. The van der Waals surface area contributed by atoms with Crippen molar-refractivity contribution in [3.05, 3.63) is 29.3 Å². The van der Waals surface area contributed by atoms with E-state index in [0.29, 0.717) is 32.2 Å². The predicted molar refractivity (Wildman–Crippen MR) is 158 cm³/mol. The van der Waals surface area contributed by atoms with E-state index < -0.39 is 66.3 Å². The van der Waals surface area contributed by atoms with E-state index in [9.17, 15) is 67.3 Å². The fourth-order valence-electron chi connectivity index (χ4n) is 8.80. The van der Waals surface area contributed by atoms with E-state index in [1.54, 1.807) is 30.1 Å². The fourth-order valence-corrected chi connectivity index (χ4v) is 8.80. The van der Waals surface area contributed by atoms with E-state index in [0.717, 1.165) is 30.4 Å². The predicted octanol–water partition coefficient (Wildman–Crippen LogP) is 10.2. The van der Waals surface area contributed by atoms with Crippen LogP contribution >= 0.6 is 0 Å². The Bertz CT molecular complexity index is 1350. The van der Waals surface area contributed by atoms with Gasteiger partial charge in [-0.3, -0.25) is 0 Å². The molecule has 51 heavy (non-hydrogen) atoms. The van der Waals surface area contributed by atoms with Crippen molar-refractivity contribution in [2.75, 3.05) is 20.1 Å². The maximum absolute atomic E-state index is 15.9. The summed E-state index contributed by atoms with van der Waals surface area (Å²) in [5.41, 5.74) is 1.25. The molecule has 0 aliphatic heterocycles. The minimum atomic E-state index is -7.89. The Morgan fingerprint density at radius 1 is 0.784 bits per heavy atom. The van der Waals surface area contributed by atoms with Crippen LogP contribution in [-0.4, -0.2) is 83.3 Å². The lowest BCUT2D eigenvalue weighted by Gasteiger charge is -2.54. The van der Waals surface area contributed by atoms with Crippen LogP contribution < -0.4 is 0 Å². The average molecular weight is 764 g/mol. The van der Waals surface area contributed by atoms with Crippen molar-refractivity contribution >= 4 is 0 Å². The Hall–Kier alpha value is -2.04. The number of halogens is 14. The molecular weight excluding hydrogens is 720 g/mol. The van der Waals surface area contributed by atoms with Crippen LogP contribution in [0.2, 0.25) is 0 Å². The number of aromatic hydroxyl groups is 1. The van der Waals surface area contributed by atoms with Gasteiger partial charge in [-0.15, -0.1) is 0 Å². The lowest BCUT2D eigenvalue weighted by molar-refractivity contribution is -0.440. The van der Waals surface area contributed by atoms with Gasteiger partial charge in [0.25, 0.3) is 0 Å². The van der Waals surface area contributed by atoms with Crippen LogP contribution in [0.3, 0.4) is 0 Å². The molecular formula is C34H43F14NO2. The molecule has 0 spiro atoms. The van der Waals surface area contributed by atoms with Gasteiger partial charge in [-0.25, -0.2) is 4.39 Å². The van der Waals surface area contributed by atoms with Crippen LogP contribution in [0.4, 0.5) is 61.5 Å². The summed E-state index contributed by atoms with van der Waals surface area (Å²) in [6.45, 7) is 2.31. The highest BCUT2D eigenvalue weighted by molar-refractivity contribution is 5.41. The molecule has 0 unspecified atom stereocenters. The van der Waals surface area contributed by atoms with E-state index >= 15 is 4.39 Å². The third-order valence-electron chi connectivity index (χ3n) is 11.7. The van der Waals surface area contributed by atoms with Crippen molar-refractivity contribution in [2.45, 2.75) is 132 Å². The maximum atomic E-state index is 15.9. The first-order valence-corrected chi connectivity index (χ1v) is 17.0. The Kier molecular flexibility index (Phi) is 11.7. The summed E-state index contributed by atoms with van der Waals surface area (Å²) in [4.78, 5) is 1.61. The highest BCUT2D eigenvalue weighted by Crippen LogP contribution is 2.64. The minimum absolute atomic E-state index is 0.00608. The zero-order valence-electron chi connectivity index (χ0n) is 28.0. The summed E-state index contributed by atoms with van der Waals surface area (Å²) < 4.78 is 189. The highest BCUT2D eigenvalue weighted by Gasteiger charge is 2.90. The van der Waals surface area contributed by atoms with Crippen molar-refractivity contribution < 1.29 is 71.7 Å². The van der Waals surface area contributed by atoms with E-state index in [2.05, 4.69) is 0 Å². The number of nitrogens with zero attached hydrogens (tertiary/aromatic N) is 1. The van der Waals surface area contributed by atoms with Crippen molar-refractivity contribution in [3.63, 3.8) is 0 Å². The summed E-state index contributed by atoms with van der Waals surface area (Å²) in [5, 5.41) is 20.9. The van der Waals surface area contributed by atoms with Crippen LogP contribution in [0.5, 0.6) is 5.75 Å². The van der Waals surface area contributed by atoms with Gasteiger partial charge in [-0.1, -0.05) is 25.8 Å². The molecule has 0 aromatic heterocycles. The molecule has 7 atom stereocenters. The van der Waals surface area contributed by atoms with E-state index in [-0.39, 0.29) is 48.8 Å². The molecule has 0 bridgehead atoms.